The van der Waals surface area contributed by atoms with Crippen LogP contribution >= 0.6 is 0 Å². The molecule has 0 atom stereocenters. The van der Waals surface area contributed by atoms with Gasteiger partial charge in [-0.2, -0.15) is 0 Å². The van der Waals surface area contributed by atoms with Crippen molar-refractivity contribution in [3.63, 3.8) is 0 Å². The molecule has 0 N–H and O–H groups in total. The second-order valence-corrected chi connectivity index (χ2v) is 8.34. The Morgan fingerprint density at radius 3 is 1.37 bits per heavy atom. The molecule has 0 aromatic rings. The SMILES string of the molecule is C/C=C\CCCC/C=C\C/C=C\CCC.CCCC/C=C\CCCCCCCCC. The van der Waals surface area contributed by atoms with Crippen molar-refractivity contribution in [2.45, 2.75) is 143 Å². The van der Waals surface area contributed by atoms with Gasteiger partial charge in [-0.25, -0.2) is 0 Å². The van der Waals surface area contributed by atoms with Crippen molar-refractivity contribution in [3.8, 4) is 0 Å². The minimum Gasteiger partial charge on any atom is -0.0917 e. The van der Waals surface area contributed by atoms with Crippen LogP contribution in [0.4, 0.5) is 0 Å². The Labute approximate surface area is 192 Å². The highest BCUT2D eigenvalue weighted by Gasteiger charge is 1.89. The first-order valence-electron chi connectivity index (χ1n) is 13.4. The van der Waals surface area contributed by atoms with Crippen LogP contribution in [0.5, 0.6) is 0 Å². The van der Waals surface area contributed by atoms with Crippen molar-refractivity contribution < 1.29 is 0 Å². The topological polar surface area (TPSA) is 0 Å². The van der Waals surface area contributed by atoms with Gasteiger partial charge in [-0.15, -0.1) is 0 Å². The van der Waals surface area contributed by atoms with E-state index in [2.05, 4.69) is 76.3 Å². The number of rotatable bonds is 20. The van der Waals surface area contributed by atoms with Crippen molar-refractivity contribution in [1.82, 2.24) is 0 Å². The van der Waals surface area contributed by atoms with Crippen LogP contribution in [0.15, 0.2) is 48.6 Å². The van der Waals surface area contributed by atoms with Crippen LogP contribution in [0.2, 0.25) is 0 Å². The highest BCUT2D eigenvalue weighted by atomic mass is 14.0. The Kier molecular flexibility index (Phi) is 33.9. The molecule has 176 valence electrons. The van der Waals surface area contributed by atoms with E-state index in [1.54, 1.807) is 0 Å². The summed E-state index contributed by atoms with van der Waals surface area (Å²) in [6, 6.07) is 0. The van der Waals surface area contributed by atoms with E-state index < -0.39 is 0 Å². The van der Waals surface area contributed by atoms with Crippen LogP contribution in [0.25, 0.3) is 0 Å². The van der Waals surface area contributed by atoms with E-state index in [9.17, 15) is 0 Å². The maximum atomic E-state index is 2.38. The summed E-state index contributed by atoms with van der Waals surface area (Å²) in [4.78, 5) is 0. The molecule has 0 heterocycles. The van der Waals surface area contributed by atoms with Gasteiger partial charge in [-0.05, 0) is 64.7 Å². The molecule has 0 aromatic heterocycles. The largest absolute Gasteiger partial charge is 0.0917 e. The lowest BCUT2D eigenvalue weighted by Crippen LogP contribution is -1.78. The zero-order valence-electron chi connectivity index (χ0n) is 21.3. The minimum absolute atomic E-state index is 1.11. The Hall–Kier alpha value is -1.04. The van der Waals surface area contributed by atoms with Gasteiger partial charge in [0, 0.05) is 0 Å². The summed E-state index contributed by atoms with van der Waals surface area (Å²) in [6.07, 6.45) is 42.2. The molecular formula is C30H56. The average molecular weight is 417 g/mol. The van der Waals surface area contributed by atoms with Gasteiger partial charge in [0.05, 0.1) is 0 Å². The molecule has 0 aromatic carbocycles. The lowest BCUT2D eigenvalue weighted by Gasteiger charge is -1.98. The zero-order chi connectivity index (χ0) is 22.4. The molecule has 0 spiro atoms. The molecule has 0 heteroatoms. The number of unbranched alkanes of at least 4 members (excludes halogenated alkanes) is 13. The molecular weight excluding hydrogens is 360 g/mol. The van der Waals surface area contributed by atoms with Gasteiger partial charge in [0.2, 0.25) is 0 Å². The smallest absolute Gasteiger partial charge is 0.0169 e. The number of allylic oxidation sites excluding steroid dienone is 8. The third-order valence-corrected chi connectivity index (χ3v) is 5.15. The highest BCUT2D eigenvalue weighted by Crippen LogP contribution is 2.09. The van der Waals surface area contributed by atoms with Crippen LogP contribution in [0.1, 0.15) is 143 Å². The molecule has 0 rings (SSSR count). The number of hydrogen-bond acceptors (Lipinski definition) is 0. The average Bonchev–Trinajstić information content (AvgIpc) is 2.76. The zero-order valence-corrected chi connectivity index (χ0v) is 21.3. The molecule has 0 aliphatic carbocycles. The van der Waals surface area contributed by atoms with Crippen LogP contribution in [-0.4, -0.2) is 0 Å². The lowest BCUT2D eigenvalue weighted by molar-refractivity contribution is 0.592. The van der Waals surface area contributed by atoms with Gasteiger partial charge < -0.3 is 0 Å². The maximum absolute atomic E-state index is 2.38. The van der Waals surface area contributed by atoms with Gasteiger partial charge in [0.1, 0.15) is 0 Å². The summed E-state index contributed by atoms with van der Waals surface area (Å²) in [7, 11) is 0. The van der Waals surface area contributed by atoms with E-state index in [1.165, 1.54) is 109 Å². The Bertz CT molecular complexity index is 383. The van der Waals surface area contributed by atoms with Crippen molar-refractivity contribution in [1.29, 1.82) is 0 Å². The first kappa shape index (κ1) is 31.1. The summed E-state index contributed by atoms with van der Waals surface area (Å²) in [5.74, 6) is 0. The maximum Gasteiger partial charge on any atom is -0.0169 e. The van der Waals surface area contributed by atoms with Crippen LogP contribution in [-0.2, 0) is 0 Å². The first-order chi connectivity index (χ1) is 14.8. The molecule has 0 saturated carbocycles. The molecule has 0 aliphatic heterocycles. The summed E-state index contributed by atoms with van der Waals surface area (Å²) in [5, 5.41) is 0. The van der Waals surface area contributed by atoms with Crippen molar-refractivity contribution in [3.05, 3.63) is 48.6 Å². The Balaban J connectivity index is 0. The quantitative estimate of drug-likeness (QED) is 0.137. The van der Waals surface area contributed by atoms with E-state index in [4.69, 9.17) is 0 Å². The van der Waals surface area contributed by atoms with Crippen LogP contribution in [0, 0.1) is 0 Å². The summed E-state index contributed by atoms with van der Waals surface area (Å²) in [6.45, 7) is 8.83. The summed E-state index contributed by atoms with van der Waals surface area (Å²) >= 11 is 0. The number of hydrogen-bond donors (Lipinski definition) is 0. The summed E-state index contributed by atoms with van der Waals surface area (Å²) in [5.41, 5.74) is 0. The van der Waals surface area contributed by atoms with Gasteiger partial charge in [0.25, 0.3) is 0 Å². The van der Waals surface area contributed by atoms with Gasteiger partial charge in [-0.1, -0.05) is 127 Å². The fourth-order valence-electron chi connectivity index (χ4n) is 3.14. The van der Waals surface area contributed by atoms with Crippen LogP contribution < -0.4 is 0 Å². The van der Waals surface area contributed by atoms with E-state index in [0.29, 0.717) is 0 Å². The monoisotopic (exact) mass is 416 g/mol. The molecule has 0 unspecified atom stereocenters. The van der Waals surface area contributed by atoms with Crippen molar-refractivity contribution in [2.75, 3.05) is 0 Å². The summed E-state index contributed by atoms with van der Waals surface area (Å²) < 4.78 is 0. The van der Waals surface area contributed by atoms with E-state index >= 15 is 0 Å². The molecule has 0 radical (unpaired) electrons. The van der Waals surface area contributed by atoms with E-state index in [1.807, 2.05) is 0 Å². The highest BCUT2D eigenvalue weighted by molar-refractivity contribution is 4.92. The predicted octanol–water partition coefficient (Wildman–Crippen LogP) is 11.3. The molecule has 30 heavy (non-hydrogen) atoms. The third kappa shape index (κ3) is 34.5. The lowest BCUT2D eigenvalue weighted by atomic mass is 10.1. The van der Waals surface area contributed by atoms with Crippen LogP contribution in [0.3, 0.4) is 0 Å². The molecule has 0 aliphatic rings. The fourth-order valence-corrected chi connectivity index (χ4v) is 3.14. The minimum atomic E-state index is 1.11. The van der Waals surface area contributed by atoms with E-state index in [-0.39, 0.29) is 0 Å². The fraction of sp³-hybridized carbons (Fsp3) is 0.733. The Morgan fingerprint density at radius 1 is 0.367 bits per heavy atom. The predicted molar refractivity (Wildman–Crippen MR) is 142 cm³/mol. The molecule has 0 fully saturated rings. The third-order valence-electron chi connectivity index (χ3n) is 5.15. The van der Waals surface area contributed by atoms with Crippen molar-refractivity contribution >= 4 is 0 Å². The van der Waals surface area contributed by atoms with Gasteiger partial charge in [0.15, 0.2) is 0 Å². The van der Waals surface area contributed by atoms with E-state index in [0.717, 1.165) is 6.42 Å². The standard InChI is InChI=1S/C15H30.C15H26/c2*1-3-5-7-9-11-13-15-14-12-10-8-6-4-2/h9,11H,3-8,10,12-15H2,1-2H3;3,5,8,10,14-15H,4,6-7,9,11-13H2,1-2H3/b11-9-;5-3-,10-8-,15-14-. The van der Waals surface area contributed by atoms with Gasteiger partial charge >= 0.3 is 0 Å². The second-order valence-electron chi connectivity index (χ2n) is 8.34. The Morgan fingerprint density at radius 2 is 0.800 bits per heavy atom. The molecule has 0 saturated heterocycles. The normalized spacial score (nSPS) is 11.9. The molecule has 0 amide bonds. The second kappa shape index (κ2) is 32.6. The first-order valence-corrected chi connectivity index (χ1v) is 13.4. The van der Waals surface area contributed by atoms with Crippen molar-refractivity contribution in [2.24, 2.45) is 0 Å². The molecule has 0 nitrogen and oxygen atoms in total. The molecule has 0 bridgehead atoms. The van der Waals surface area contributed by atoms with Gasteiger partial charge in [-0.3, -0.25) is 0 Å².